The van der Waals surface area contributed by atoms with E-state index >= 15 is 0 Å². The second kappa shape index (κ2) is 7.31. The Kier molecular flexibility index (Phi) is 4.89. The van der Waals surface area contributed by atoms with Crippen LogP contribution in [0.2, 0.25) is 0 Å². The lowest BCUT2D eigenvalue weighted by Gasteiger charge is -2.36. The maximum atomic E-state index is 13.1. The van der Waals surface area contributed by atoms with Gasteiger partial charge < -0.3 is 15.1 Å². The Morgan fingerprint density at radius 1 is 1.12 bits per heavy atom. The molecule has 1 atom stereocenters. The normalized spacial score (nSPS) is 22.8. The lowest BCUT2D eigenvalue weighted by atomic mass is 10.1. The van der Waals surface area contributed by atoms with Gasteiger partial charge in [-0.1, -0.05) is 12.1 Å². The largest absolute Gasteiger partial charge is 0.352 e. The first-order valence-corrected chi connectivity index (χ1v) is 10.2. The van der Waals surface area contributed by atoms with Gasteiger partial charge in [-0.15, -0.1) is 11.8 Å². The van der Waals surface area contributed by atoms with Crippen LogP contribution in [0.5, 0.6) is 0 Å². The van der Waals surface area contributed by atoms with Crippen LogP contribution in [0.4, 0.5) is 5.69 Å². The molecule has 1 saturated carbocycles. The minimum Gasteiger partial charge on any atom is -0.352 e. The number of carbonyl (C=O) groups is 3. The number of anilines is 1. The molecule has 7 heteroatoms. The first-order chi connectivity index (χ1) is 12.6. The molecule has 0 spiro atoms. The molecule has 3 aliphatic rings. The SMILES string of the molecule is O=C(CN1C(=O)C(C(=O)N2CCCCC2)Sc2ccccc21)NC1CC1. The average Bonchev–Trinajstić information content (AvgIpc) is 3.48. The molecule has 4 rings (SSSR count). The number of fused-ring (bicyclic) bond motifs is 1. The molecule has 1 aromatic carbocycles. The summed E-state index contributed by atoms with van der Waals surface area (Å²) in [6.07, 6.45) is 5.11. The molecule has 0 bridgehead atoms. The molecule has 1 N–H and O–H groups in total. The van der Waals surface area contributed by atoms with Crippen LogP contribution < -0.4 is 10.2 Å². The first-order valence-electron chi connectivity index (χ1n) is 9.29. The number of amides is 3. The zero-order valence-electron chi connectivity index (χ0n) is 14.6. The van der Waals surface area contributed by atoms with E-state index < -0.39 is 5.25 Å². The maximum Gasteiger partial charge on any atom is 0.250 e. The fourth-order valence-corrected chi connectivity index (χ4v) is 4.65. The summed E-state index contributed by atoms with van der Waals surface area (Å²) >= 11 is 1.31. The second-order valence-corrected chi connectivity index (χ2v) is 8.26. The van der Waals surface area contributed by atoms with Gasteiger partial charge in [0, 0.05) is 24.0 Å². The van der Waals surface area contributed by atoms with Crippen molar-refractivity contribution in [3.05, 3.63) is 24.3 Å². The molecular weight excluding hydrogens is 350 g/mol. The van der Waals surface area contributed by atoms with E-state index in [1.807, 2.05) is 24.3 Å². The maximum absolute atomic E-state index is 13.1. The minimum absolute atomic E-state index is 0.0311. The van der Waals surface area contributed by atoms with Gasteiger partial charge >= 0.3 is 0 Å². The van der Waals surface area contributed by atoms with Crippen LogP contribution in [-0.2, 0) is 14.4 Å². The summed E-state index contributed by atoms with van der Waals surface area (Å²) in [6, 6.07) is 7.75. The Balaban J connectivity index is 1.56. The third-order valence-electron chi connectivity index (χ3n) is 5.03. The highest BCUT2D eigenvalue weighted by molar-refractivity contribution is 8.01. The summed E-state index contributed by atoms with van der Waals surface area (Å²) in [5, 5.41) is 2.13. The molecular formula is C19H23N3O3S. The van der Waals surface area contributed by atoms with Gasteiger partial charge in [-0.05, 0) is 44.2 Å². The van der Waals surface area contributed by atoms with E-state index in [1.54, 1.807) is 4.90 Å². The van der Waals surface area contributed by atoms with Gasteiger partial charge in [0.2, 0.25) is 11.8 Å². The van der Waals surface area contributed by atoms with Crippen LogP contribution in [0.15, 0.2) is 29.2 Å². The number of para-hydroxylation sites is 1. The van der Waals surface area contributed by atoms with Crippen LogP contribution in [0.3, 0.4) is 0 Å². The van der Waals surface area contributed by atoms with Gasteiger partial charge in [-0.3, -0.25) is 14.4 Å². The number of carbonyl (C=O) groups excluding carboxylic acids is 3. The number of hydrogen-bond donors (Lipinski definition) is 1. The molecule has 1 unspecified atom stereocenters. The summed E-state index contributed by atoms with van der Waals surface area (Å²) in [6.45, 7) is 1.40. The summed E-state index contributed by atoms with van der Waals surface area (Å²) in [4.78, 5) is 42.5. The Hall–Kier alpha value is -2.02. The van der Waals surface area contributed by atoms with Crippen molar-refractivity contribution in [1.82, 2.24) is 10.2 Å². The molecule has 26 heavy (non-hydrogen) atoms. The van der Waals surface area contributed by atoms with Gasteiger partial charge in [-0.25, -0.2) is 0 Å². The Morgan fingerprint density at radius 3 is 2.58 bits per heavy atom. The van der Waals surface area contributed by atoms with Crippen molar-refractivity contribution in [2.45, 2.75) is 48.3 Å². The van der Waals surface area contributed by atoms with Crippen molar-refractivity contribution in [2.24, 2.45) is 0 Å². The molecule has 0 radical (unpaired) electrons. The van der Waals surface area contributed by atoms with E-state index in [4.69, 9.17) is 0 Å². The molecule has 1 aromatic rings. The molecule has 0 aromatic heterocycles. The first kappa shape index (κ1) is 17.4. The predicted octanol–water partition coefficient (Wildman–Crippen LogP) is 1.78. The average molecular weight is 373 g/mol. The highest BCUT2D eigenvalue weighted by Crippen LogP contribution is 2.39. The van der Waals surface area contributed by atoms with E-state index in [0.29, 0.717) is 13.1 Å². The van der Waals surface area contributed by atoms with E-state index in [-0.39, 0.29) is 30.3 Å². The highest BCUT2D eigenvalue weighted by atomic mass is 32.2. The zero-order valence-corrected chi connectivity index (χ0v) is 15.5. The number of rotatable bonds is 4. The van der Waals surface area contributed by atoms with Crippen LogP contribution in [0, 0.1) is 0 Å². The molecule has 2 fully saturated rings. The Morgan fingerprint density at radius 2 is 1.85 bits per heavy atom. The number of benzene rings is 1. The van der Waals surface area contributed by atoms with Crippen molar-refractivity contribution in [1.29, 1.82) is 0 Å². The third-order valence-corrected chi connectivity index (χ3v) is 6.27. The third kappa shape index (κ3) is 3.58. The molecule has 138 valence electrons. The second-order valence-electron chi connectivity index (χ2n) is 7.12. The molecule has 1 aliphatic carbocycles. The Labute approximate surface area is 157 Å². The summed E-state index contributed by atoms with van der Waals surface area (Å²) < 4.78 is 0. The lowest BCUT2D eigenvalue weighted by molar-refractivity contribution is -0.135. The smallest absolute Gasteiger partial charge is 0.250 e. The van der Waals surface area contributed by atoms with Crippen LogP contribution >= 0.6 is 11.8 Å². The molecule has 1 saturated heterocycles. The fraction of sp³-hybridized carbons (Fsp3) is 0.526. The van der Waals surface area contributed by atoms with Gasteiger partial charge in [-0.2, -0.15) is 0 Å². The summed E-state index contributed by atoms with van der Waals surface area (Å²) in [7, 11) is 0. The Bertz CT molecular complexity index is 728. The molecule has 6 nitrogen and oxygen atoms in total. The number of thioether (sulfide) groups is 1. The standard InChI is InChI=1S/C19H23N3O3S/c23-16(20-13-8-9-13)12-22-14-6-2-3-7-15(14)26-17(19(22)25)18(24)21-10-4-1-5-11-21/h2-3,6-7,13,17H,1,4-5,8-12H2,(H,20,23). The summed E-state index contributed by atoms with van der Waals surface area (Å²) in [5.74, 6) is -0.566. The van der Waals surface area contributed by atoms with Crippen molar-refractivity contribution in [3.8, 4) is 0 Å². The molecule has 3 amide bonds. The quantitative estimate of drug-likeness (QED) is 0.817. The number of nitrogens with one attached hydrogen (secondary N) is 1. The number of likely N-dealkylation sites (tertiary alicyclic amines) is 1. The monoisotopic (exact) mass is 373 g/mol. The zero-order chi connectivity index (χ0) is 18.1. The van der Waals surface area contributed by atoms with Crippen molar-refractivity contribution in [3.63, 3.8) is 0 Å². The molecule has 2 heterocycles. The van der Waals surface area contributed by atoms with Crippen LogP contribution in [0.1, 0.15) is 32.1 Å². The minimum atomic E-state index is -0.795. The fourth-order valence-electron chi connectivity index (χ4n) is 3.46. The van der Waals surface area contributed by atoms with Crippen molar-refractivity contribution < 1.29 is 14.4 Å². The van der Waals surface area contributed by atoms with Gasteiger partial charge in [0.25, 0.3) is 5.91 Å². The van der Waals surface area contributed by atoms with E-state index in [0.717, 1.165) is 42.7 Å². The van der Waals surface area contributed by atoms with Crippen molar-refractivity contribution in [2.75, 3.05) is 24.5 Å². The van der Waals surface area contributed by atoms with E-state index in [2.05, 4.69) is 5.32 Å². The predicted molar refractivity (Wildman–Crippen MR) is 100 cm³/mol. The van der Waals surface area contributed by atoms with Gasteiger partial charge in [0.15, 0.2) is 5.25 Å². The number of hydrogen-bond acceptors (Lipinski definition) is 4. The van der Waals surface area contributed by atoms with Gasteiger partial charge in [0.05, 0.1) is 5.69 Å². The van der Waals surface area contributed by atoms with Crippen LogP contribution in [0.25, 0.3) is 0 Å². The number of nitrogens with zero attached hydrogens (tertiary/aromatic N) is 2. The topological polar surface area (TPSA) is 69.7 Å². The van der Waals surface area contributed by atoms with E-state index in [1.165, 1.54) is 16.7 Å². The number of piperidine rings is 1. The summed E-state index contributed by atoms with van der Waals surface area (Å²) in [5.41, 5.74) is 0.719. The van der Waals surface area contributed by atoms with E-state index in [9.17, 15) is 14.4 Å². The highest BCUT2D eigenvalue weighted by Gasteiger charge is 2.41. The van der Waals surface area contributed by atoms with Gasteiger partial charge in [0.1, 0.15) is 6.54 Å². The molecule has 2 aliphatic heterocycles. The van der Waals surface area contributed by atoms with Crippen molar-refractivity contribution >= 4 is 35.2 Å². The lowest BCUT2D eigenvalue weighted by Crippen LogP contribution is -2.52. The van der Waals surface area contributed by atoms with Crippen LogP contribution in [-0.4, -0.2) is 53.5 Å².